The lowest BCUT2D eigenvalue weighted by Crippen LogP contribution is -2.03. The van der Waals surface area contributed by atoms with Gasteiger partial charge in [-0.2, -0.15) is 18.4 Å². The van der Waals surface area contributed by atoms with Crippen LogP contribution in [-0.4, -0.2) is 11.6 Å². The lowest BCUT2D eigenvalue weighted by molar-refractivity contribution is -0.0417. The molecule has 78 valence electrons. The highest BCUT2D eigenvalue weighted by atomic mass is 32.2. The molecule has 0 spiro atoms. The first-order valence-corrected chi connectivity index (χ1v) is 4.39. The first-order valence-electron chi connectivity index (χ1n) is 3.64. The summed E-state index contributed by atoms with van der Waals surface area (Å²) in [6.07, 6.45) is -0.0296. The van der Waals surface area contributed by atoms with E-state index in [2.05, 4.69) is 4.18 Å². The van der Waals surface area contributed by atoms with E-state index in [-0.39, 0.29) is 24.0 Å². The monoisotopic (exact) mass is 225 g/mol. The molecule has 0 aliphatic carbocycles. The van der Waals surface area contributed by atoms with Crippen LogP contribution in [0.25, 0.3) is 0 Å². The molecule has 1 aliphatic rings. The van der Waals surface area contributed by atoms with E-state index in [0.29, 0.717) is 0 Å². The van der Waals surface area contributed by atoms with Crippen molar-refractivity contribution in [2.24, 2.45) is 0 Å². The summed E-state index contributed by atoms with van der Waals surface area (Å²) in [4.78, 5) is 0. The molecule has 1 rings (SSSR count). The summed E-state index contributed by atoms with van der Waals surface area (Å²) in [7, 11) is 0. The zero-order valence-corrected chi connectivity index (χ0v) is 7.91. The fourth-order valence-corrected chi connectivity index (χ4v) is 1.22. The van der Waals surface area contributed by atoms with Crippen molar-refractivity contribution in [1.29, 1.82) is 5.26 Å². The standard InChI is InChI=1S/C7H6F3NO2S/c1-4-2-5(3-11)6(12-4)13-14-7(8,9)10/h4H,2H2,1H3. The lowest BCUT2D eigenvalue weighted by atomic mass is 10.2. The van der Waals surface area contributed by atoms with Gasteiger partial charge in [0.2, 0.25) is 0 Å². The van der Waals surface area contributed by atoms with Crippen molar-refractivity contribution in [3.63, 3.8) is 0 Å². The van der Waals surface area contributed by atoms with E-state index in [4.69, 9.17) is 10.00 Å². The van der Waals surface area contributed by atoms with Crippen LogP contribution in [0.15, 0.2) is 11.5 Å². The van der Waals surface area contributed by atoms with Crippen molar-refractivity contribution in [1.82, 2.24) is 0 Å². The zero-order valence-electron chi connectivity index (χ0n) is 7.09. The van der Waals surface area contributed by atoms with Gasteiger partial charge in [-0.3, -0.25) is 0 Å². The number of nitrogens with zero attached hydrogens (tertiary/aromatic N) is 1. The minimum atomic E-state index is -4.50. The average Bonchev–Trinajstić information content (AvgIpc) is 2.41. The van der Waals surface area contributed by atoms with Crippen LogP contribution in [-0.2, 0) is 8.92 Å². The molecule has 0 amide bonds. The second-order valence-corrected chi connectivity index (χ2v) is 3.42. The number of alkyl halides is 3. The molecular formula is C7H6F3NO2S. The molecule has 0 fully saturated rings. The Hall–Kier alpha value is -1.03. The van der Waals surface area contributed by atoms with E-state index < -0.39 is 17.6 Å². The molecular weight excluding hydrogens is 219 g/mol. The van der Waals surface area contributed by atoms with Gasteiger partial charge in [0.1, 0.15) is 17.7 Å². The van der Waals surface area contributed by atoms with E-state index in [1.165, 1.54) is 0 Å². The highest BCUT2D eigenvalue weighted by Crippen LogP contribution is 2.36. The van der Waals surface area contributed by atoms with Crippen LogP contribution in [0.3, 0.4) is 0 Å². The molecule has 7 heteroatoms. The number of nitriles is 1. The van der Waals surface area contributed by atoms with Crippen molar-refractivity contribution in [3.8, 4) is 6.07 Å². The Labute approximate surface area is 82.7 Å². The molecule has 0 aromatic heterocycles. The van der Waals surface area contributed by atoms with E-state index in [1.807, 2.05) is 0 Å². The minimum Gasteiger partial charge on any atom is -0.461 e. The van der Waals surface area contributed by atoms with Crippen molar-refractivity contribution >= 4 is 12.0 Å². The van der Waals surface area contributed by atoms with Gasteiger partial charge in [-0.1, -0.05) is 0 Å². The zero-order chi connectivity index (χ0) is 10.8. The van der Waals surface area contributed by atoms with Gasteiger partial charge in [0.15, 0.2) is 12.0 Å². The Bertz CT molecular complexity index is 294. The molecule has 0 saturated carbocycles. The molecule has 0 aromatic rings. The average molecular weight is 225 g/mol. The molecule has 0 aromatic carbocycles. The summed E-state index contributed by atoms with van der Waals surface area (Å²) in [5, 5.41) is 8.53. The SMILES string of the molecule is CC1CC(C#N)=C(OSC(F)(F)F)O1. The fourth-order valence-electron chi connectivity index (χ4n) is 0.913. The van der Waals surface area contributed by atoms with Crippen LogP contribution in [0.1, 0.15) is 13.3 Å². The number of hydrogen-bond acceptors (Lipinski definition) is 4. The summed E-state index contributed by atoms with van der Waals surface area (Å²) >= 11 is -0.682. The third-order valence-corrected chi connectivity index (χ3v) is 1.82. The van der Waals surface area contributed by atoms with E-state index in [9.17, 15) is 13.2 Å². The molecule has 1 aliphatic heterocycles. The Morgan fingerprint density at radius 2 is 2.29 bits per heavy atom. The minimum absolute atomic E-state index is 0.106. The number of rotatable bonds is 2. The van der Waals surface area contributed by atoms with Crippen molar-refractivity contribution in [2.75, 3.05) is 0 Å². The molecule has 1 atom stereocenters. The molecule has 0 bridgehead atoms. The largest absolute Gasteiger partial charge is 0.479 e. The maximum absolute atomic E-state index is 11.7. The van der Waals surface area contributed by atoms with Crippen molar-refractivity contribution < 1.29 is 22.1 Å². The summed E-state index contributed by atoms with van der Waals surface area (Å²) in [6.45, 7) is 1.64. The van der Waals surface area contributed by atoms with Gasteiger partial charge in [-0.15, -0.1) is 0 Å². The molecule has 0 N–H and O–H groups in total. The van der Waals surface area contributed by atoms with E-state index in [0.717, 1.165) is 0 Å². The summed E-state index contributed by atoms with van der Waals surface area (Å²) in [5.41, 5.74) is -4.39. The van der Waals surface area contributed by atoms with Gasteiger partial charge < -0.3 is 8.92 Å². The van der Waals surface area contributed by atoms with Crippen LogP contribution in [0.2, 0.25) is 0 Å². The first kappa shape index (κ1) is 11.0. The number of hydrogen-bond donors (Lipinski definition) is 0. The smallest absolute Gasteiger partial charge is 0.461 e. The van der Waals surface area contributed by atoms with Gasteiger partial charge in [-0.25, -0.2) is 0 Å². The molecule has 14 heavy (non-hydrogen) atoms. The summed E-state index contributed by atoms with van der Waals surface area (Å²) in [5.74, 6) is -0.331. The van der Waals surface area contributed by atoms with Gasteiger partial charge in [0, 0.05) is 6.42 Å². The third kappa shape index (κ3) is 3.03. The maximum Gasteiger partial charge on any atom is 0.479 e. The molecule has 1 unspecified atom stereocenters. The Balaban J connectivity index is 2.56. The highest BCUT2D eigenvalue weighted by molar-refractivity contribution is 7.95. The van der Waals surface area contributed by atoms with Crippen LogP contribution < -0.4 is 0 Å². The van der Waals surface area contributed by atoms with Gasteiger partial charge in [-0.05, 0) is 6.92 Å². The number of ether oxygens (including phenoxy) is 1. The van der Waals surface area contributed by atoms with Crippen LogP contribution in [0.4, 0.5) is 13.2 Å². The quantitative estimate of drug-likeness (QED) is 0.677. The van der Waals surface area contributed by atoms with E-state index >= 15 is 0 Å². The highest BCUT2D eigenvalue weighted by Gasteiger charge is 2.34. The van der Waals surface area contributed by atoms with Gasteiger partial charge in [0.05, 0.1) is 0 Å². The maximum atomic E-state index is 11.7. The Morgan fingerprint density at radius 3 is 2.79 bits per heavy atom. The van der Waals surface area contributed by atoms with Crippen molar-refractivity contribution in [3.05, 3.63) is 11.5 Å². The van der Waals surface area contributed by atoms with E-state index in [1.54, 1.807) is 13.0 Å². The number of halogens is 3. The summed E-state index contributed by atoms with van der Waals surface area (Å²) < 4.78 is 44.3. The summed E-state index contributed by atoms with van der Waals surface area (Å²) in [6, 6.07) is 1.73. The molecule has 3 nitrogen and oxygen atoms in total. The Kier molecular flexibility index (Phi) is 3.16. The van der Waals surface area contributed by atoms with Crippen LogP contribution in [0.5, 0.6) is 0 Å². The second-order valence-electron chi connectivity index (χ2n) is 2.62. The van der Waals surface area contributed by atoms with Gasteiger partial charge >= 0.3 is 11.5 Å². The molecule has 1 heterocycles. The van der Waals surface area contributed by atoms with Gasteiger partial charge in [0.25, 0.3) is 0 Å². The first-order chi connectivity index (χ1) is 6.42. The topological polar surface area (TPSA) is 42.2 Å². The van der Waals surface area contributed by atoms with Crippen LogP contribution in [0, 0.1) is 11.3 Å². The van der Waals surface area contributed by atoms with Crippen molar-refractivity contribution in [2.45, 2.75) is 25.0 Å². The van der Waals surface area contributed by atoms with Crippen LogP contribution >= 0.6 is 12.0 Å². The normalized spacial score (nSPS) is 21.8. The third-order valence-electron chi connectivity index (χ3n) is 1.39. The fraction of sp³-hybridized carbons (Fsp3) is 0.571. The second kappa shape index (κ2) is 4.00. The predicted octanol–water partition coefficient (Wildman–Crippen LogP) is 2.71. The lowest BCUT2D eigenvalue weighted by Gasteiger charge is -2.08. The molecule has 0 saturated heterocycles. The predicted molar refractivity (Wildman–Crippen MR) is 42.5 cm³/mol. The Morgan fingerprint density at radius 1 is 1.64 bits per heavy atom. The molecule has 0 radical (unpaired) electrons.